The van der Waals surface area contributed by atoms with Gasteiger partial charge in [0.25, 0.3) is 5.91 Å². The number of carbonyl (C=O) groups excluding carboxylic acids is 1. The molecule has 32 heavy (non-hydrogen) atoms. The maximum Gasteiger partial charge on any atom is 0.270 e. The van der Waals surface area contributed by atoms with Crippen molar-refractivity contribution in [3.8, 4) is 0 Å². The Labute approximate surface area is 193 Å². The van der Waals surface area contributed by atoms with Crippen LogP contribution >= 0.6 is 0 Å². The van der Waals surface area contributed by atoms with E-state index in [1.54, 1.807) is 28.2 Å². The Morgan fingerprint density at radius 2 is 1.75 bits per heavy atom. The first-order chi connectivity index (χ1) is 15.4. The second-order valence-corrected chi connectivity index (χ2v) is 10.9. The molecule has 3 rings (SSSR count). The summed E-state index contributed by atoms with van der Waals surface area (Å²) in [7, 11) is -1.79. The van der Waals surface area contributed by atoms with Crippen LogP contribution in [0.25, 0.3) is 0 Å². The molecular formula is C23H40N4O4S. The van der Waals surface area contributed by atoms with Gasteiger partial charge in [0.05, 0.1) is 13.2 Å². The zero-order valence-electron chi connectivity index (χ0n) is 19.8. The smallest absolute Gasteiger partial charge is 0.270 e. The molecular weight excluding hydrogens is 428 g/mol. The molecule has 0 N–H and O–H groups in total. The van der Waals surface area contributed by atoms with Crippen molar-refractivity contribution in [2.24, 2.45) is 7.05 Å². The highest BCUT2D eigenvalue weighted by molar-refractivity contribution is 7.89. The van der Waals surface area contributed by atoms with Gasteiger partial charge in [-0.2, -0.15) is 4.31 Å². The Kier molecular flexibility index (Phi) is 9.58. The molecule has 3 heterocycles. The summed E-state index contributed by atoms with van der Waals surface area (Å²) in [4.78, 5) is 17.9. The van der Waals surface area contributed by atoms with Crippen molar-refractivity contribution >= 4 is 15.9 Å². The lowest BCUT2D eigenvalue weighted by atomic mass is 10.2. The molecule has 0 saturated carbocycles. The summed E-state index contributed by atoms with van der Waals surface area (Å²) in [6.45, 7) is 8.70. The Morgan fingerprint density at radius 1 is 1.03 bits per heavy atom. The normalized spacial score (nSPS) is 18.7. The minimum absolute atomic E-state index is 0.0858. The monoisotopic (exact) mass is 468 g/mol. The first-order valence-electron chi connectivity index (χ1n) is 12.2. The van der Waals surface area contributed by atoms with Crippen molar-refractivity contribution in [2.75, 3.05) is 59.0 Å². The molecule has 182 valence electrons. The fraction of sp³-hybridized carbons (Fsp3) is 0.783. The Hall–Kier alpha value is -1.42. The number of aromatic nitrogens is 1. The van der Waals surface area contributed by atoms with Crippen LogP contribution in [0.1, 0.15) is 62.4 Å². The molecule has 0 unspecified atom stereocenters. The summed E-state index contributed by atoms with van der Waals surface area (Å²) in [5.41, 5.74) is 0.443. The molecule has 0 bridgehead atoms. The summed E-state index contributed by atoms with van der Waals surface area (Å²) in [5, 5.41) is 0. The molecule has 2 aliphatic rings. The van der Waals surface area contributed by atoms with Crippen LogP contribution in [0, 0.1) is 0 Å². The van der Waals surface area contributed by atoms with E-state index in [0.717, 1.165) is 77.8 Å². The SMILES string of the molecule is CCCCCCN(CCN1CCOCC1)C(=O)c1cc(S(=O)(=O)N2CCCCC2)cn1C. The number of hydrogen-bond acceptors (Lipinski definition) is 5. The molecule has 9 heteroatoms. The molecule has 1 aromatic rings. The zero-order chi connectivity index (χ0) is 23.0. The lowest BCUT2D eigenvalue weighted by Gasteiger charge is -2.30. The number of carbonyl (C=O) groups is 1. The molecule has 2 aliphatic heterocycles. The first-order valence-corrected chi connectivity index (χ1v) is 13.6. The molecule has 1 aromatic heterocycles. The number of unbranched alkanes of at least 4 members (excludes halogenated alkanes) is 3. The number of aryl methyl sites for hydroxylation is 1. The third kappa shape index (κ3) is 6.56. The molecule has 2 fully saturated rings. The van der Waals surface area contributed by atoms with Gasteiger partial charge in [-0.25, -0.2) is 8.42 Å². The summed E-state index contributed by atoms with van der Waals surface area (Å²) >= 11 is 0. The number of hydrogen-bond donors (Lipinski definition) is 0. The predicted molar refractivity (Wildman–Crippen MR) is 125 cm³/mol. The van der Waals surface area contributed by atoms with Gasteiger partial charge in [0, 0.05) is 59.1 Å². The van der Waals surface area contributed by atoms with Gasteiger partial charge in [0.2, 0.25) is 10.0 Å². The third-order valence-electron chi connectivity index (χ3n) is 6.51. The van der Waals surface area contributed by atoms with Crippen LogP contribution in [-0.2, 0) is 21.8 Å². The number of amides is 1. The number of morpholine rings is 1. The van der Waals surface area contributed by atoms with E-state index in [2.05, 4.69) is 11.8 Å². The molecule has 0 radical (unpaired) electrons. The van der Waals surface area contributed by atoms with Crippen LogP contribution in [0.15, 0.2) is 17.2 Å². The van der Waals surface area contributed by atoms with E-state index in [-0.39, 0.29) is 10.8 Å². The van der Waals surface area contributed by atoms with Crippen LogP contribution in [-0.4, -0.2) is 92.0 Å². The van der Waals surface area contributed by atoms with Crippen molar-refractivity contribution in [2.45, 2.75) is 56.8 Å². The molecule has 0 aliphatic carbocycles. The van der Waals surface area contributed by atoms with Crippen LogP contribution in [0.2, 0.25) is 0 Å². The largest absolute Gasteiger partial charge is 0.379 e. The number of rotatable bonds is 11. The van der Waals surface area contributed by atoms with Crippen molar-refractivity contribution < 1.29 is 17.9 Å². The highest BCUT2D eigenvalue weighted by Crippen LogP contribution is 2.23. The topological polar surface area (TPSA) is 75.1 Å². The average molecular weight is 469 g/mol. The zero-order valence-corrected chi connectivity index (χ0v) is 20.6. The van der Waals surface area contributed by atoms with Crippen LogP contribution in [0.4, 0.5) is 0 Å². The van der Waals surface area contributed by atoms with Gasteiger partial charge in [-0.1, -0.05) is 32.6 Å². The van der Waals surface area contributed by atoms with E-state index in [4.69, 9.17) is 4.74 Å². The van der Waals surface area contributed by atoms with Crippen molar-refractivity contribution in [1.82, 2.24) is 18.7 Å². The van der Waals surface area contributed by atoms with Gasteiger partial charge >= 0.3 is 0 Å². The molecule has 0 atom stereocenters. The van der Waals surface area contributed by atoms with Crippen molar-refractivity contribution in [1.29, 1.82) is 0 Å². The van der Waals surface area contributed by atoms with E-state index in [0.29, 0.717) is 31.9 Å². The second kappa shape index (κ2) is 12.2. The van der Waals surface area contributed by atoms with Gasteiger partial charge in [0.15, 0.2) is 0 Å². The number of sulfonamides is 1. The minimum Gasteiger partial charge on any atom is -0.379 e. The Bertz CT molecular complexity index is 827. The summed E-state index contributed by atoms with van der Waals surface area (Å²) < 4.78 is 34.8. The number of nitrogens with zero attached hydrogens (tertiary/aromatic N) is 4. The van der Waals surface area contributed by atoms with Crippen molar-refractivity contribution in [3.05, 3.63) is 18.0 Å². The lowest BCUT2D eigenvalue weighted by Crippen LogP contribution is -2.43. The van der Waals surface area contributed by atoms with Crippen molar-refractivity contribution in [3.63, 3.8) is 0 Å². The lowest BCUT2D eigenvalue weighted by molar-refractivity contribution is 0.0323. The Balaban J connectivity index is 1.72. The second-order valence-electron chi connectivity index (χ2n) is 8.94. The van der Waals surface area contributed by atoms with E-state index in [9.17, 15) is 13.2 Å². The molecule has 8 nitrogen and oxygen atoms in total. The van der Waals surface area contributed by atoms with E-state index >= 15 is 0 Å². The quantitative estimate of drug-likeness (QED) is 0.467. The predicted octanol–water partition coefficient (Wildman–Crippen LogP) is 2.55. The highest BCUT2D eigenvalue weighted by Gasteiger charge is 2.29. The summed E-state index contributed by atoms with van der Waals surface area (Å²) in [5.74, 6) is -0.0858. The minimum atomic E-state index is -3.56. The average Bonchev–Trinajstić information content (AvgIpc) is 3.22. The van der Waals surface area contributed by atoms with Gasteiger partial charge in [0.1, 0.15) is 10.6 Å². The number of piperidine rings is 1. The van der Waals surface area contributed by atoms with Gasteiger partial charge in [-0.15, -0.1) is 0 Å². The summed E-state index contributed by atoms with van der Waals surface area (Å²) in [6, 6.07) is 1.57. The van der Waals surface area contributed by atoms with Gasteiger partial charge in [-0.05, 0) is 25.3 Å². The van der Waals surface area contributed by atoms with Gasteiger partial charge < -0.3 is 14.2 Å². The molecule has 0 spiro atoms. The van der Waals surface area contributed by atoms with Crippen LogP contribution in [0.5, 0.6) is 0 Å². The molecule has 1 amide bonds. The third-order valence-corrected chi connectivity index (χ3v) is 8.37. The molecule has 0 aromatic carbocycles. The number of ether oxygens (including phenoxy) is 1. The first kappa shape index (κ1) is 25.2. The Morgan fingerprint density at radius 3 is 2.44 bits per heavy atom. The fourth-order valence-corrected chi connectivity index (χ4v) is 6.02. The summed E-state index contributed by atoms with van der Waals surface area (Å²) in [6.07, 6.45) is 8.82. The van der Waals surface area contributed by atoms with Crippen LogP contribution < -0.4 is 0 Å². The van der Waals surface area contributed by atoms with Crippen LogP contribution in [0.3, 0.4) is 0 Å². The molecule has 2 saturated heterocycles. The fourth-order valence-electron chi connectivity index (χ4n) is 4.44. The van der Waals surface area contributed by atoms with E-state index < -0.39 is 10.0 Å². The van der Waals surface area contributed by atoms with E-state index in [1.807, 2.05) is 4.90 Å². The standard InChI is InChI=1S/C23H40N4O4S/c1-3-4-5-7-10-26(14-13-25-15-17-31-18-16-25)23(28)22-19-21(20-24(22)2)32(29,30)27-11-8-6-9-12-27/h19-20H,3-18H2,1-2H3. The maximum absolute atomic E-state index is 13.5. The van der Waals surface area contributed by atoms with Gasteiger partial charge in [-0.3, -0.25) is 9.69 Å². The highest BCUT2D eigenvalue weighted by atomic mass is 32.2. The maximum atomic E-state index is 13.5. The van der Waals surface area contributed by atoms with E-state index in [1.165, 1.54) is 0 Å².